The van der Waals surface area contributed by atoms with Crippen LogP contribution < -0.4 is 10.6 Å². The molecule has 1 saturated carbocycles. The summed E-state index contributed by atoms with van der Waals surface area (Å²) < 4.78 is 27.4. The summed E-state index contributed by atoms with van der Waals surface area (Å²) >= 11 is 0. The van der Waals surface area contributed by atoms with Crippen LogP contribution in [0.25, 0.3) is 0 Å². The maximum absolute atomic E-state index is 13.7. The molecule has 0 spiro atoms. The summed E-state index contributed by atoms with van der Waals surface area (Å²) in [6.07, 6.45) is 2.23. The Hall–Kier alpha value is -2.27. The van der Waals surface area contributed by atoms with Gasteiger partial charge >= 0.3 is 0 Å². The van der Waals surface area contributed by atoms with Gasteiger partial charge in [0.25, 0.3) is 0 Å². The fourth-order valence-electron chi connectivity index (χ4n) is 2.90. The first-order chi connectivity index (χ1) is 12.0. The number of benzene rings is 2. The van der Waals surface area contributed by atoms with Crippen molar-refractivity contribution in [3.8, 4) is 0 Å². The average Bonchev–Trinajstić information content (AvgIpc) is 3.41. The molecular formula is C20H22F2N2O. The van der Waals surface area contributed by atoms with Gasteiger partial charge in [0.2, 0.25) is 5.91 Å². The van der Waals surface area contributed by atoms with Gasteiger partial charge in [-0.1, -0.05) is 35.9 Å². The molecule has 0 aromatic heterocycles. The Kier molecular flexibility index (Phi) is 5.13. The van der Waals surface area contributed by atoms with Crippen LogP contribution in [0.2, 0.25) is 0 Å². The fourth-order valence-corrected chi connectivity index (χ4v) is 2.90. The Balaban J connectivity index is 1.70. The van der Waals surface area contributed by atoms with E-state index in [2.05, 4.69) is 22.8 Å². The average molecular weight is 344 g/mol. The molecule has 0 saturated heterocycles. The van der Waals surface area contributed by atoms with Gasteiger partial charge in [-0.25, -0.2) is 8.78 Å². The minimum absolute atomic E-state index is 0.0619. The van der Waals surface area contributed by atoms with Crippen molar-refractivity contribution in [2.45, 2.75) is 38.8 Å². The van der Waals surface area contributed by atoms with Crippen molar-refractivity contribution in [2.24, 2.45) is 5.92 Å². The Bertz CT molecular complexity index is 737. The Morgan fingerprint density at radius 3 is 2.24 bits per heavy atom. The standard InChI is InChI=1S/C20H22F2N2O/c1-12-6-8-14(9-7-12)18(15-10-11-15)23-13(2)20(25)24-19-16(21)4-3-5-17(19)22/h3-9,13,15,18,23H,10-11H2,1-2H3,(H,24,25). The number of para-hydroxylation sites is 1. The van der Waals surface area contributed by atoms with E-state index in [4.69, 9.17) is 0 Å². The van der Waals surface area contributed by atoms with E-state index in [0.717, 1.165) is 30.5 Å². The first-order valence-electron chi connectivity index (χ1n) is 8.53. The molecule has 0 heterocycles. The van der Waals surface area contributed by atoms with Crippen LogP contribution in [0.4, 0.5) is 14.5 Å². The van der Waals surface area contributed by atoms with Crippen molar-refractivity contribution in [1.82, 2.24) is 5.32 Å². The SMILES string of the molecule is Cc1ccc(C(NC(C)C(=O)Nc2c(F)cccc2F)C2CC2)cc1. The van der Waals surface area contributed by atoms with Crippen molar-refractivity contribution < 1.29 is 13.6 Å². The number of halogens is 2. The molecule has 0 radical (unpaired) electrons. The lowest BCUT2D eigenvalue weighted by molar-refractivity contribution is -0.118. The van der Waals surface area contributed by atoms with Gasteiger partial charge in [0.05, 0.1) is 6.04 Å². The van der Waals surface area contributed by atoms with Gasteiger partial charge in [-0.3, -0.25) is 10.1 Å². The molecule has 2 N–H and O–H groups in total. The summed E-state index contributed by atoms with van der Waals surface area (Å²) in [5, 5.41) is 5.67. The zero-order valence-corrected chi connectivity index (χ0v) is 14.4. The van der Waals surface area contributed by atoms with E-state index in [0.29, 0.717) is 5.92 Å². The molecule has 5 heteroatoms. The number of carbonyl (C=O) groups excluding carboxylic acids is 1. The number of aryl methyl sites for hydroxylation is 1. The van der Waals surface area contributed by atoms with Crippen molar-refractivity contribution >= 4 is 11.6 Å². The van der Waals surface area contributed by atoms with Gasteiger partial charge in [-0.2, -0.15) is 0 Å². The second kappa shape index (κ2) is 7.31. The lowest BCUT2D eigenvalue weighted by Gasteiger charge is -2.23. The minimum Gasteiger partial charge on any atom is -0.320 e. The fraction of sp³-hybridized carbons (Fsp3) is 0.350. The summed E-state index contributed by atoms with van der Waals surface area (Å²) in [5.41, 5.74) is 1.91. The molecule has 1 aliphatic carbocycles. The molecule has 3 rings (SSSR count). The lowest BCUT2D eigenvalue weighted by atomic mass is 10.00. The van der Waals surface area contributed by atoms with Crippen LogP contribution >= 0.6 is 0 Å². The van der Waals surface area contributed by atoms with Crippen LogP contribution in [0.3, 0.4) is 0 Å². The molecule has 2 aromatic carbocycles. The quantitative estimate of drug-likeness (QED) is 0.818. The Labute approximate surface area is 146 Å². The third-order valence-corrected chi connectivity index (χ3v) is 4.56. The molecule has 0 bridgehead atoms. The maximum Gasteiger partial charge on any atom is 0.241 e. The Morgan fingerprint density at radius 2 is 1.68 bits per heavy atom. The molecule has 1 amide bonds. The molecule has 2 unspecified atom stereocenters. The molecule has 25 heavy (non-hydrogen) atoms. The largest absolute Gasteiger partial charge is 0.320 e. The normalized spacial score (nSPS) is 16.3. The summed E-state index contributed by atoms with van der Waals surface area (Å²) in [6.45, 7) is 3.74. The van der Waals surface area contributed by atoms with E-state index >= 15 is 0 Å². The monoisotopic (exact) mass is 344 g/mol. The summed E-state index contributed by atoms with van der Waals surface area (Å²) in [6, 6.07) is 11.2. The number of anilines is 1. The molecule has 1 fully saturated rings. The number of amides is 1. The van der Waals surface area contributed by atoms with Gasteiger partial charge in [0, 0.05) is 6.04 Å². The van der Waals surface area contributed by atoms with Crippen LogP contribution in [-0.2, 0) is 4.79 Å². The van der Waals surface area contributed by atoms with Crippen LogP contribution in [-0.4, -0.2) is 11.9 Å². The van der Waals surface area contributed by atoms with E-state index in [1.165, 1.54) is 11.6 Å². The van der Waals surface area contributed by atoms with Gasteiger partial charge in [-0.05, 0) is 50.3 Å². The zero-order valence-electron chi connectivity index (χ0n) is 14.4. The summed E-state index contributed by atoms with van der Waals surface area (Å²) in [4.78, 5) is 12.4. The highest BCUT2D eigenvalue weighted by molar-refractivity contribution is 5.94. The molecule has 132 valence electrons. The highest BCUT2D eigenvalue weighted by Crippen LogP contribution is 2.41. The number of hydrogen-bond donors (Lipinski definition) is 2. The minimum atomic E-state index is -0.780. The van der Waals surface area contributed by atoms with Gasteiger partial charge in [-0.15, -0.1) is 0 Å². The molecule has 0 aliphatic heterocycles. The van der Waals surface area contributed by atoms with Crippen LogP contribution in [0.5, 0.6) is 0 Å². The van der Waals surface area contributed by atoms with E-state index in [1.807, 2.05) is 19.1 Å². The topological polar surface area (TPSA) is 41.1 Å². The molecule has 2 atom stereocenters. The van der Waals surface area contributed by atoms with E-state index in [1.54, 1.807) is 6.92 Å². The third-order valence-electron chi connectivity index (χ3n) is 4.56. The first-order valence-corrected chi connectivity index (χ1v) is 8.53. The van der Waals surface area contributed by atoms with Crippen molar-refractivity contribution in [3.05, 3.63) is 65.2 Å². The van der Waals surface area contributed by atoms with Gasteiger partial charge < -0.3 is 5.32 Å². The zero-order chi connectivity index (χ0) is 18.0. The van der Waals surface area contributed by atoms with Crippen LogP contribution in [0.15, 0.2) is 42.5 Å². The number of carbonyl (C=O) groups is 1. The Morgan fingerprint density at radius 1 is 1.08 bits per heavy atom. The smallest absolute Gasteiger partial charge is 0.241 e. The van der Waals surface area contributed by atoms with E-state index < -0.39 is 29.3 Å². The second-order valence-corrected chi connectivity index (χ2v) is 6.70. The number of hydrogen-bond acceptors (Lipinski definition) is 2. The first kappa shape index (κ1) is 17.5. The third kappa shape index (κ3) is 4.23. The highest BCUT2D eigenvalue weighted by atomic mass is 19.1. The highest BCUT2D eigenvalue weighted by Gasteiger charge is 2.34. The second-order valence-electron chi connectivity index (χ2n) is 6.70. The summed E-state index contributed by atoms with van der Waals surface area (Å²) in [5.74, 6) is -1.53. The molecule has 3 nitrogen and oxygen atoms in total. The van der Waals surface area contributed by atoms with E-state index in [9.17, 15) is 13.6 Å². The van der Waals surface area contributed by atoms with E-state index in [-0.39, 0.29) is 6.04 Å². The van der Waals surface area contributed by atoms with Crippen molar-refractivity contribution in [1.29, 1.82) is 0 Å². The maximum atomic E-state index is 13.7. The molecule has 1 aliphatic rings. The van der Waals surface area contributed by atoms with Crippen LogP contribution in [0, 0.1) is 24.5 Å². The van der Waals surface area contributed by atoms with Crippen LogP contribution in [0.1, 0.15) is 36.9 Å². The van der Waals surface area contributed by atoms with Crippen molar-refractivity contribution in [3.63, 3.8) is 0 Å². The predicted octanol–water partition coefficient (Wildman–Crippen LogP) is 4.34. The lowest BCUT2D eigenvalue weighted by Crippen LogP contribution is -2.41. The van der Waals surface area contributed by atoms with Gasteiger partial charge in [0.15, 0.2) is 0 Å². The summed E-state index contributed by atoms with van der Waals surface area (Å²) in [7, 11) is 0. The van der Waals surface area contributed by atoms with Crippen molar-refractivity contribution in [2.75, 3.05) is 5.32 Å². The molecular weight excluding hydrogens is 322 g/mol. The van der Waals surface area contributed by atoms with Gasteiger partial charge in [0.1, 0.15) is 17.3 Å². The molecule has 2 aromatic rings. The number of rotatable bonds is 6. The number of nitrogens with one attached hydrogen (secondary N) is 2. The predicted molar refractivity (Wildman–Crippen MR) is 94.2 cm³/mol.